The number of likely N-dealkylation sites (tertiary alicyclic amines) is 1. The summed E-state index contributed by atoms with van der Waals surface area (Å²) in [5.74, 6) is -0.543. The topological polar surface area (TPSA) is 84.3 Å². The molecule has 7 nitrogen and oxygen atoms in total. The van der Waals surface area contributed by atoms with Crippen molar-refractivity contribution in [1.29, 1.82) is 0 Å². The maximum atomic E-state index is 13.4. The number of carbonyl (C=O) groups is 1. The van der Waals surface area contributed by atoms with E-state index in [1.54, 1.807) is 51.9 Å². The molecule has 0 atom stereocenters. The number of amides is 1. The van der Waals surface area contributed by atoms with Crippen molar-refractivity contribution in [3.8, 4) is 5.69 Å². The molecule has 0 saturated carbocycles. The van der Waals surface area contributed by atoms with Crippen LogP contribution in [0.15, 0.2) is 70.8 Å². The molecule has 0 spiro atoms. The van der Waals surface area contributed by atoms with Gasteiger partial charge in [-0.05, 0) is 55.5 Å². The van der Waals surface area contributed by atoms with Crippen LogP contribution >= 0.6 is 11.8 Å². The second-order valence-corrected chi connectivity index (χ2v) is 9.93. The molecule has 3 aromatic rings. The molecule has 0 aliphatic carbocycles. The van der Waals surface area contributed by atoms with Crippen molar-refractivity contribution in [3.63, 3.8) is 0 Å². The van der Waals surface area contributed by atoms with Crippen molar-refractivity contribution in [3.05, 3.63) is 72.3 Å². The third-order valence-electron chi connectivity index (χ3n) is 5.37. The van der Waals surface area contributed by atoms with Crippen LogP contribution in [-0.2, 0) is 10.0 Å². The fourth-order valence-corrected chi connectivity index (χ4v) is 5.59. The zero-order chi connectivity index (χ0) is 22.7. The Morgan fingerprint density at radius 2 is 1.75 bits per heavy atom. The third kappa shape index (κ3) is 4.72. The summed E-state index contributed by atoms with van der Waals surface area (Å²) in [6.07, 6.45) is 4.42. The second-order valence-electron chi connectivity index (χ2n) is 7.44. The van der Waals surface area contributed by atoms with E-state index in [-0.39, 0.29) is 22.7 Å². The van der Waals surface area contributed by atoms with Crippen molar-refractivity contribution < 1.29 is 17.6 Å². The smallest absolute Gasteiger partial charge is 0.272 e. The van der Waals surface area contributed by atoms with Gasteiger partial charge in [-0.2, -0.15) is 0 Å². The van der Waals surface area contributed by atoms with Crippen LogP contribution in [0.1, 0.15) is 23.3 Å². The van der Waals surface area contributed by atoms with E-state index in [0.29, 0.717) is 42.5 Å². The van der Waals surface area contributed by atoms with Gasteiger partial charge in [-0.25, -0.2) is 22.5 Å². The molecule has 1 amide bonds. The highest BCUT2D eigenvalue weighted by Gasteiger charge is 2.29. The van der Waals surface area contributed by atoms with Crippen LogP contribution in [0, 0.1) is 5.82 Å². The van der Waals surface area contributed by atoms with E-state index in [2.05, 4.69) is 9.71 Å². The van der Waals surface area contributed by atoms with Gasteiger partial charge in [0.15, 0.2) is 5.16 Å². The van der Waals surface area contributed by atoms with Crippen molar-refractivity contribution >= 4 is 27.7 Å². The first-order valence-electron chi connectivity index (χ1n) is 10.1. The summed E-state index contributed by atoms with van der Waals surface area (Å²) in [5.41, 5.74) is 1.05. The summed E-state index contributed by atoms with van der Waals surface area (Å²) in [7, 11) is -3.60. The monoisotopic (exact) mass is 474 g/mol. The third-order valence-corrected chi connectivity index (χ3v) is 7.56. The van der Waals surface area contributed by atoms with Crippen molar-refractivity contribution in [1.82, 2.24) is 19.2 Å². The van der Waals surface area contributed by atoms with Gasteiger partial charge in [-0.1, -0.05) is 30.0 Å². The maximum absolute atomic E-state index is 13.4. The number of halogens is 1. The average molecular weight is 475 g/mol. The molecule has 32 heavy (non-hydrogen) atoms. The number of hydrogen-bond donors (Lipinski definition) is 1. The number of nitrogens with one attached hydrogen (secondary N) is 1. The van der Waals surface area contributed by atoms with Crippen LogP contribution in [0.25, 0.3) is 5.69 Å². The Morgan fingerprint density at radius 3 is 2.38 bits per heavy atom. The van der Waals surface area contributed by atoms with Crippen LogP contribution in [0.5, 0.6) is 0 Å². The van der Waals surface area contributed by atoms with Gasteiger partial charge in [0, 0.05) is 24.8 Å². The van der Waals surface area contributed by atoms with Gasteiger partial charge in [0.2, 0.25) is 10.0 Å². The van der Waals surface area contributed by atoms with E-state index in [1.165, 1.54) is 30.1 Å². The Labute approximate surface area is 190 Å². The predicted octanol–water partition coefficient (Wildman–Crippen LogP) is 3.32. The lowest BCUT2D eigenvalue weighted by Gasteiger charge is -2.32. The minimum Gasteiger partial charge on any atom is -0.337 e. The highest BCUT2D eigenvalue weighted by Crippen LogP contribution is 2.24. The van der Waals surface area contributed by atoms with Gasteiger partial charge in [-0.15, -0.1) is 0 Å². The quantitative estimate of drug-likeness (QED) is 0.554. The molecule has 0 unspecified atom stereocenters. The molecule has 10 heteroatoms. The number of carbonyl (C=O) groups excluding carboxylic acids is 1. The van der Waals surface area contributed by atoms with Crippen LogP contribution in [0.3, 0.4) is 0 Å². The standard InChI is InChI=1S/C22H23FN4O3S2/c1-31-22-24-15-20(27(22)18-9-7-16(23)8-10-18)21(28)26-13-11-17(12-14-26)25-32(29,30)19-5-3-2-4-6-19/h2-10,15,17,25H,11-14H2,1H3. The molecule has 1 aromatic heterocycles. The summed E-state index contributed by atoms with van der Waals surface area (Å²) in [6, 6.07) is 13.9. The molecular formula is C22H23FN4O3S2. The lowest BCUT2D eigenvalue weighted by atomic mass is 10.1. The van der Waals surface area contributed by atoms with Crippen molar-refractivity contribution in [2.45, 2.75) is 28.9 Å². The number of hydrogen-bond acceptors (Lipinski definition) is 5. The first kappa shape index (κ1) is 22.5. The summed E-state index contributed by atoms with van der Waals surface area (Å²) in [6.45, 7) is 0.841. The van der Waals surface area contributed by atoms with E-state index in [1.807, 2.05) is 6.26 Å². The van der Waals surface area contributed by atoms with E-state index in [4.69, 9.17) is 0 Å². The SMILES string of the molecule is CSc1ncc(C(=O)N2CCC(NS(=O)(=O)c3ccccc3)CC2)n1-c1ccc(F)cc1. The van der Waals surface area contributed by atoms with Crippen LogP contribution in [-0.4, -0.2) is 54.2 Å². The fraction of sp³-hybridized carbons (Fsp3) is 0.273. The molecule has 0 radical (unpaired) electrons. The molecule has 0 bridgehead atoms. The molecule has 2 heterocycles. The summed E-state index contributed by atoms with van der Waals surface area (Å²) in [4.78, 5) is 19.5. The Hall–Kier alpha value is -2.69. The van der Waals surface area contributed by atoms with Crippen LogP contribution in [0.4, 0.5) is 4.39 Å². The molecule has 1 aliphatic heterocycles. The average Bonchev–Trinajstić information content (AvgIpc) is 3.24. The molecule has 4 rings (SSSR count). The number of rotatable bonds is 6. The Morgan fingerprint density at radius 1 is 1.09 bits per heavy atom. The lowest BCUT2D eigenvalue weighted by Crippen LogP contribution is -2.46. The minimum atomic E-state index is -3.60. The molecule has 2 aromatic carbocycles. The fourth-order valence-electron chi connectivity index (χ4n) is 3.72. The molecule has 1 saturated heterocycles. The first-order valence-corrected chi connectivity index (χ1v) is 12.8. The van der Waals surface area contributed by atoms with Gasteiger partial charge in [0.25, 0.3) is 5.91 Å². The first-order chi connectivity index (χ1) is 15.4. The number of thioether (sulfide) groups is 1. The lowest BCUT2D eigenvalue weighted by molar-refractivity contribution is 0.0702. The number of imidazole rings is 1. The predicted molar refractivity (Wildman–Crippen MR) is 121 cm³/mol. The van der Waals surface area contributed by atoms with Crippen LogP contribution < -0.4 is 4.72 Å². The van der Waals surface area contributed by atoms with E-state index in [9.17, 15) is 17.6 Å². The van der Waals surface area contributed by atoms with E-state index >= 15 is 0 Å². The summed E-state index contributed by atoms with van der Waals surface area (Å²) in [5, 5.41) is 0.630. The zero-order valence-electron chi connectivity index (χ0n) is 17.4. The van der Waals surface area contributed by atoms with Gasteiger partial charge in [0.1, 0.15) is 11.5 Å². The number of sulfonamides is 1. The van der Waals surface area contributed by atoms with Crippen molar-refractivity contribution in [2.24, 2.45) is 0 Å². The number of nitrogens with zero attached hydrogens (tertiary/aromatic N) is 3. The van der Waals surface area contributed by atoms with Crippen LogP contribution in [0.2, 0.25) is 0 Å². The number of benzene rings is 2. The minimum absolute atomic E-state index is 0.188. The highest BCUT2D eigenvalue weighted by atomic mass is 32.2. The number of piperidine rings is 1. The molecule has 1 N–H and O–H groups in total. The summed E-state index contributed by atoms with van der Waals surface area (Å²) < 4.78 is 43.0. The Balaban J connectivity index is 1.46. The molecule has 1 aliphatic rings. The summed E-state index contributed by atoms with van der Waals surface area (Å²) >= 11 is 1.39. The maximum Gasteiger partial charge on any atom is 0.272 e. The molecule has 1 fully saturated rings. The van der Waals surface area contributed by atoms with Crippen molar-refractivity contribution in [2.75, 3.05) is 19.3 Å². The highest BCUT2D eigenvalue weighted by molar-refractivity contribution is 7.98. The molecule has 168 valence electrons. The second kappa shape index (κ2) is 9.43. The Kier molecular flexibility index (Phi) is 6.63. The Bertz CT molecular complexity index is 1190. The largest absolute Gasteiger partial charge is 0.337 e. The normalized spacial score (nSPS) is 15.1. The van der Waals surface area contributed by atoms with E-state index < -0.39 is 10.0 Å². The van der Waals surface area contributed by atoms with E-state index in [0.717, 1.165) is 0 Å². The number of aromatic nitrogens is 2. The molecular weight excluding hydrogens is 451 g/mol. The van der Waals surface area contributed by atoms with Gasteiger partial charge in [-0.3, -0.25) is 9.36 Å². The van der Waals surface area contributed by atoms with Gasteiger partial charge < -0.3 is 4.90 Å². The van der Waals surface area contributed by atoms with Gasteiger partial charge >= 0.3 is 0 Å². The van der Waals surface area contributed by atoms with Gasteiger partial charge in [0.05, 0.1) is 11.1 Å². The zero-order valence-corrected chi connectivity index (χ0v) is 19.1.